The van der Waals surface area contributed by atoms with Crippen molar-refractivity contribution in [1.29, 1.82) is 5.53 Å². The number of carbonyl (C=O) groups excluding carboxylic acids is 1. The van der Waals surface area contributed by atoms with Gasteiger partial charge in [-0.15, -0.1) is 5.10 Å². The van der Waals surface area contributed by atoms with Gasteiger partial charge in [0.25, 0.3) is 0 Å². The number of hydrogen-bond donors (Lipinski definition) is 4. The van der Waals surface area contributed by atoms with Crippen LogP contribution in [0.2, 0.25) is 0 Å². The average Bonchev–Trinajstić information content (AvgIpc) is 2.62. The van der Waals surface area contributed by atoms with Gasteiger partial charge in [-0.1, -0.05) is 53.5 Å². The fourth-order valence-electron chi connectivity index (χ4n) is 2.80. The number of amides is 1. The summed E-state index contributed by atoms with van der Waals surface area (Å²) >= 11 is 0. The van der Waals surface area contributed by atoms with Crippen LogP contribution in [0.1, 0.15) is 31.2 Å². The van der Waals surface area contributed by atoms with Crippen LogP contribution in [0.5, 0.6) is 0 Å². The van der Waals surface area contributed by atoms with Gasteiger partial charge in [0.05, 0.1) is 12.8 Å². The molecule has 0 saturated heterocycles. The number of hydrogen-bond acceptors (Lipinski definition) is 4. The fourth-order valence-corrected chi connectivity index (χ4v) is 2.80. The van der Waals surface area contributed by atoms with Crippen molar-refractivity contribution in [2.75, 3.05) is 0 Å². The van der Waals surface area contributed by atoms with Crippen LogP contribution in [0.25, 0.3) is 5.57 Å². The predicted octanol–water partition coefficient (Wildman–Crippen LogP) is 2.14. The van der Waals surface area contributed by atoms with Crippen LogP contribution in [0.3, 0.4) is 0 Å². The molecule has 5 N–H and O–H groups in total. The molecule has 1 amide bonds. The molecule has 0 bridgehead atoms. The molecule has 8 heteroatoms. The van der Waals surface area contributed by atoms with Gasteiger partial charge in [-0.2, -0.15) is 5.53 Å². The Hall–Kier alpha value is -3.47. The summed E-state index contributed by atoms with van der Waals surface area (Å²) in [5.41, 5.74) is 14.0. The van der Waals surface area contributed by atoms with Gasteiger partial charge in [0, 0.05) is 17.5 Å². The first-order valence-corrected chi connectivity index (χ1v) is 8.45. The number of nitrogens with two attached hydrogens (primary N) is 1. The van der Waals surface area contributed by atoms with Crippen LogP contribution >= 0.6 is 0 Å². The van der Waals surface area contributed by atoms with E-state index in [1.807, 2.05) is 36.4 Å². The summed E-state index contributed by atoms with van der Waals surface area (Å²) in [6.45, 7) is 0. The maximum absolute atomic E-state index is 12.0. The Labute approximate surface area is 157 Å². The van der Waals surface area contributed by atoms with Crippen LogP contribution in [-0.4, -0.2) is 28.9 Å². The molecule has 0 fully saturated rings. The van der Waals surface area contributed by atoms with E-state index < -0.39 is 17.9 Å². The summed E-state index contributed by atoms with van der Waals surface area (Å²) in [5, 5.41) is 17.8. The third-order valence-electron chi connectivity index (χ3n) is 3.98. The second-order valence-electron chi connectivity index (χ2n) is 6.15. The smallest absolute Gasteiger partial charge is 0.305 e. The SMILES string of the molecule is N=NN=C(N)CC(=O)NC(CC(=O)O)CC1C#CC(c2ccccc2)=CC1. The molecule has 0 saturated carbocycles. The van der Waals surface area contributed by atoms with Gasteiger partial charge in [0.15, 0.2) is 0 Å². The summed E-state index contributed by atoms with van der Waals surface area (Å²) in [4.78, 5) is 23.1. The quantitative estimate of drug-likeness (QED) is 0.174. The Bertz CT molecular complexity index is 821. The maximum Gasteiger partial charge on any atom is 0.305 e. The zero-order chi connectivity index (χ0) is 19.6. The van der Waals surface area contributed by atoms with E-state index in [1.54, 1.807) is 0 Å². The second-order valence-corrected chi connectivity index (χ2v) is 6.15. The minimum absolute atomic E-state index is 0.0450. The monoisotopic (exact) mass is 367 g/mol. The Kier molecular flexibility index (Phi) is 7.26. The highest BCUT2D eigenvalue weighted by Gasteiger charge is 2.21. The first-order valence-electron chi connectivity index (χ1n) is 8.45. The fraction of sp³-hybridized carbons (Fsp3) is 0.316. The molecular weight excluding hydrogens is 346 g/mol. The number of nitrogens with zero attached hydrogens (tertiary/aromatic N) is 2. The van der Waals surface area contributed by atoms with E-state index in [4.69, 9.17) is 16.4 Å². The summed E-state index contributed by atoms with van der Waals surface area (Å²) < 4.78 is 0. The molecule has 2 rings (SSSR count). The normalized spacial score (nSPS) is 17.1. The van der Waals surface area contributed by atoms with Crippen molar-refractivity contribution in [2.24, 2.45) is 22.0 Å². The molecule has 1 aromatic carbocycles. The van der Waals surface area contributed by atoms with E-state index in [2.05, 4.69) is 27.5 Å². The molecule has 8 nitrogen and oxygen atoms in total. The Morgan fingerprint density at radius 1 is 1.37 bits per heavy atom. The van der Waals surface area contributed by atoms with E-state index in [9.17, 15) is 9.59 Å². The number of amidine groups is 1. The van der Waals surface area contributed by atoms with E-state index in [0.717, 1.165) is 11.1 Å². The molecule has 0 aliphatic heterocycles. The Morgan fingerprint density at radius 2 is 2.11 bits per heavy atom. The van der Waals surface area contributed by atoms with Gasteiger partial charge in [-0.3, -0.25) is 9.59 Å². The minimum atomic E-state index is -1.01. The van der Waals surface area contributed by atoms with Crippen LogP contribution in [-0.2, 0) is 9.59 Å². The first kappa shape index (κ1) is 19.8. The zero-order valence-electron chi connectivity index (χ0n) is 14.7. The number of benzene rings is 1. The lowest BCUT2D eigenvalue weighted by Gasteiger charge is -2.21. The van der Waals surface area contributed by atoms with Crippen LogP contribution in [0, 0.1) is 23.3 Å². The van der Waals surface area contributed by atoms with Gasteiger partial charge >= 0.3 is 5.97 Å². The van der Waals surface area contributed by atoms with Crippen molar-refractivity contribution in [2.45, 2.75) is 31.7 Å². The molecule has 2 atom stereocenters. The highest BCUT2D eigenvalue weighted by molar-refractivity contribution is 5.99. The van der Waals surface area contributed by atoms with E-state index in [0.29, 0.717) is 12.8 Å². The number of carboxylic acids is 1. The van der Waals surface area contributed by atoms with Crippen LogP contribution in [0.4, 0.5) is 0 Å². The summed E-state index contributed by atoms with van der Waals surface area (Å²) in [5.74, 6) is 4.66. The van der Waals surface area contributed by atoms with Crippen molar-refractivity contribution in [1.82, 2.24) is 5.32 Å². The maximum atomic E-state index is 12.0. The van der Waals surface area contributed by atoms with Gasteiger partial charge in [-0.25, -0.2) is 0 Å². The molecule has 0 heterocycles. The molecule has 1 aromatic rings. The second kappa shape index (κ2) is 9.87. The molecule has 1 aliphatic rings. The van der Waals surface area contributed by atoms with Crippen molar-refractivity contribution in [3.63, 3.8) is 0 Å². The molecule has 27 heavy (non-hydrogen) atoms. The zero-order valence-corrected chi connectivity index (χ0v) is 14.7. The molecule has 140 valence electrons. The van der Waals surface area contributed by atoms with Crippen LogP contribution < -0.4 is 11.1 Å². The van der Waals surface area contributed by atoms with Crippen LogP contribution in [0.15, 0.2) is 46.7 Å². The Balaban J connectivity index is 1.97. The van der Waals surface area contributed by atoms with E-state index >= 15 is 0 Å². The molecule has 0 spiro atoms. The number of rotatable bonds is 9. The lowest BCUT2D eigenvalue weighted by atomic mass is 9.90. The third kappa shape index (κ3) is 6.74. The summed E-state index contributed by atoms with van der Waals surface area (Å²) in [7, 11) is 0. The van der Waals surface area contributed by atoms with Crippen molar-refractivity contribution in [3.8, 4) is 11.8 Å². The molecule has 1 aliphatic carbocycles. The lowest BCUT2D eigenvalue weighted by Crippen LogP contribution is -2.39. The van der Waals surface area contributed by atoms with Crippen molar-refractivity contribution < 1.29 is 14.7 Å². The minimum Gasteiger partial charge on any atom is -0.481 e. The molecule has 2 unspecified atom stereocenters. The van der Waals surface area contributed by atoms with Gasteiger partial charge in [-0.05, 0) is 18.4 Å². The lowest BCUT2D eigenvalue weighted by molar-refractivity contribution is -0.137. The molecule has 0 radical (unpaired) electrons. The summed E-state index contributed by atoms with van der Waals surface area (Å²) in [6.07, 6.45) is 2.69. The number of aliphatic carboxylic acids is 1. The van der Waals surface area contributed by atoms with Gasteiger partial charge in [0.2, 0.25) is 5.91 Å². The number of carbonyl (C=O) groups is 2. The first-order chi connectivity index (χ1) is 13.0. The van der Waals surface area contributed by atoms with E-state index in [-0.39, 0.29) is 24.6 Å². The van der Waals surface area contributed by atoms with E-state index in [1.165, 1.54) is 0 Å². The van der Waals surface area contributed by atoms with Crippen molar-refractivity contribution in [3.05, 3.63) is 42.0 Å². The largest absolute Gasteiger partial charge is 0.481 e. The van der Waals surface area contributed by atoms with Crippen molar-refractivity contribution >= 4 is 23.3 Å². The van der Waals surface area contributed by atoms with Gasteiger partial charge < -0.3 is 16.2 Å². The summed E-state index contributed by atoms with van der Waals surface area (Å²) in [6, 6.07) is 9.25. The van der Waals surface area contributed by atoms with Gasteiger partial charge in [0.1, 0.15) is 5.84 Å². The average molecular weight is 367 g/mol. The topological polar surface area (TPSA) is 141 Å². The highest BCUT2D eigenvalue weighted by Crippen LogP contribution is 2.23. The molecule has 0 aromatic heterocycles. The third-order valence-corrected chi connectivity index (χ3v) is 3.98. The standard InChI is InChI=1S/C19H21N5O3/c20-17(23-24-21)12-18(25)22-16(11-19(26)27)10-13-6-8-15(9-7-13)14-4-2-1-3-5-14/h1-5,8,13,16H,6,10-12H2,(H,22,25)(H,26,27)(H3,20,21,23). The number of carboxylic acid groups (broad SMARTS) is 1. The number of nitrogens with one attached hydrogen (secondary N) is 2. The Morgan fingerprint density at radius 3 is 2.70 bits per heavy atom. The highest BCUT2D eigenvalue weighted by atomic mass is 16.4. The predicted molar refractivity (Wildman–Crippen MR) is 100 cm³/mol. The number of allylic oxidation sites excluding steroid dienone is 2. The molecular formula is C19H21N5O3.